The third kappa shape index (κ3) is 3.46. The van der Waals surface area contributed by atoms with Gasteiger partial charge in [0.05, 0.1) is 6.21 Å². The molecule has 96 valence electrons. The van der Waals surface area contributed by atoms with Gasteiger partial charge in [-0.25, -0.2) is 9.97 Å². The zero-order valence-electron chi connectivity index (χ0n) is 9.82. The molecule has 19 heavy (non-hydrogen) atoms. The first-order valence-corrected chi connectivity index (χ1v) is 5.74. The number of nitrogens with zero attached hydrogens (tertiary/aromatic N) is 3. The average Bonchev–Trinajstić information content (AvgIpc) is 2.41. The third-order valence-electron chi connectivity index (χ3n) is 2.30. The van der Waals surface area contributed by atoms with Crippen molar-refractivity contribution in [2.45, 2.75) is 0 Å². The zero-order valence-corrected chi connectivity index (χ0v) is 10.6. The lowest BCUT2D eigenvalue weighted by atomic mass is 10.1. The molecule has 0 aliphatic rings. The summed E-state index contributed by atoms with van der Waals surface area (Å²) in [6.07, 6.45) is 6.27. The van der Waals surface area contributed by atoms with Gasteiger partial charge in [-0.3, -0.25) is 5.43 Å². The Morgan fingerprint density at radius 2 is 2.05 bits per heavy atom. The van der Waals surface area contributed by atoms with E-state index in [2.05, 4.69) is 32.7 Å². The Hall–Kier alpha value is -2.54. The largest absolute Gasteiger partial charge is 0.507 e. The molecule has 0 spiro atoms. The number of rotatable bonds is 3. The summed E-state index contributed by atoms with van der Waals surface area (Å²) in [6, 6.07) is 5.11. The monoisotopic (exact) mass is 273 g/mol. The van der Waals surface area contributed by atoms with Crippen molar-refractivity contribution >= 4 is 23.5 Å². The van der Waals surface area contributed by atoms with Crippen LogP contribution in [-0.2, 0) is 0 Å². The van der Waals surface area contributed by atoms with Crippen LogP contribution in [0.15, 0.2) is 42.0 Å². The van der Waals surface area contributed by atoms with Crippen molar-refractivity contribution in [1.82, 2.24) is 15.4 Å². The highest BCUT2D eigenvalue weighted by atomic mass is 32.1. The Morgan fingerprint density at radius 1 is 1.32 bits per heavy atom. The summed E-state index contributed by atoms with van der Waals surface area (Å²) in [5.41, 5.74) is 9.92. The number of aromatic nitrogens is 2. The third-order valence-corrected chi connectivity index (χ3v) is 2.39. The van der Waals surface area contributed by atoms with Gasteiger partial charge in [-0.05, 0) is 29.9 Å². The van der Waals surface area contributed by atoms with E-state index in [0.29, 0.717) is 5.56 Å². The molecule has 4 N–H and O–H groups in total. The Labute approximate surface area is 115 Å². The van der Waals surface area contributed by atoms with Crippen LogP contribution in [0, 0.1) is 0 Å². The van der Waals surface area contributed by atoms with E-state index in [-0.39, 0.29) is 10.9 Å². The SMILES string of the molecule is NC(=S)NN=Cc1cc(-c2cncnc2)ccc1O. The molecule has 0 unspecified atom stereocenters. The lowest BCUT2D eigenvalue weighted by molar-refractivity contribution is 0.474. The Bertz CT molecular complexity index is 615. The second kappa shape index (κ2) is 5.87. The van der Waals surface area contributed by atoms with Crippen LogP contribution in [0.5, 0.6) is 5.75 Å². The molecule has 0 aliphatic carbocycles. The lowest BCUT2D eigenvalue weighted by Gasteiger charge is -2.04. The fourth-order valence-electron chi connectivity index (χ4n) is 1.45. The van der Waals surface area contributed by atoms with E-state index in [1.807, 2.05) is 0 Å². The number of hydrazone groups is 1. The number of phenols is 1. The molecule has 0 atom stereocenters. The van der Waals surface area contributed by atoms with Gasteiger partial charge in [-0.1, -0.05) is 6.07 Å². The van der Waals surface area contributed by atoms with Gasteiger partial charge >= 0.3 is 0 Å². The first-order valence-electron chi connectivity index (χ1n) is 5.34. The van der Waals surface area contributed by atoms with Crippen LogP contribution >= 0.6 is 12.2 Å². The van der Waals surface area contributed by atoms with Gasteiger partial charge < -0.3 is 10.8 Å². The summed E-state index contributed by atoms with van der Waals surface area (Å²) in [7, 11) is 0. The smallest absolute Gasteiger partial charge is 0.184 e. The Kier molecular flexibility index (Phi) is 3.99. The molecule has 1 aromatic carbocycles. The average molecular weight is 273 g/mol. The maximum Gasteiger partial charge on any atom is 0.184 e. The van der Waals surface area contributed by atoms with Crippen LogP contribution < -0.4 is 11.2 Å². The maximum absolute atomic E-state index is 9.73. The van der Waals surface area contributed by atoms with Crippen molar-refractivity contribution in [2.75, 3.05) is 0 Å². The highest BCUT2D eigenvalue weighted by molar-refractivity contribution is 7.80. The van der Waals surface area contributed by atoms with Gasteiger partial charge in [-0.15, -0.1) is 0 Å². The zero-order chi connectivity index (χ0) is 13.7. The first kappa shape index (κ1) is 12.9. The second-order valence-corrected chi connectivity index (χ2v) is 4.07. The molecule has 0 radical (unpaired) electrons. The van der Waals surface area contributed by atoms with E-state index in [4.69, 9.17) is 5.73 Å². The minimum atomic E-state index is 0.0587. The molecule has 1 heterocycles. The Balaban J connectivity index is 2.30. The lowest BCUT2D eigenvalue weighted by Crippen LogP contribution is -2.23. The number of hydrogen-bond donors (Lipinski definition) is 3. The van der Waals surface area contributed by atoms with Crippen molar-refractivity contribution in [2.24, 2.45) is 10.8 Å². The molecule has 7 heteroatoms. The number of hydrogen-bond acceptors (Lipinski definition) is 5. The summed E-state index contributed by atoms with van der Waals surface area (Å²) in [5.74, 6) is 0.106. The minimum Gasteiger partial charge on any atom is -0.507 e. The van der Waals surface area contributed by atoms with Gasteiger partial charge in [0.25, 0.3) is 0 Å². The molecule has 0 amide bonds. The number of aromatic hydroxyl groups is 1. The fraction of sp³-hybridized carbons (Fsp3) is 0. The Morgan fingerprint density at radius 3 is 2.74 bits per heavy atom. The van der Waals surface area contributed by atoms with E-state index in [9.17, 15) is 5.11 Å². The van der Waals surface area contributed by atoms with Gasteiger partial charge in [0.1, 0.15) is 12.1 Å². The molecule has 2 aromatic rings. The maximum atomic E-state index is 9.73. The first-order chi connectivity index (χ1) is 9.16. The van der Waals surface area contributed by atoms with E-state index >= 15 is 0 Å². The van der Waals surface area contributed by atoms with Crippen LogP contribution in [0.4, 0.5) is 0 Å². The number of benzene rings is 1. The van der Waals surface area contributed by atoms with Crippen molar-refractivity contribution in [1.29, 1.82) is 0 Å². The second-order valence-electron chi connectivity index (χ2n) is 3.64. The van der Waals surface area contributed by atoms with Crippen LogP contribution in [-0.4, -0.2) is 26.4 Å². The minimum absolute atomic E-state index is 0.0587. The molecule has 0 saturated heterocycles. The molecule has 2 rings (SSSR count). The van der Waals surface area contributed by atoms with Crippen LogP contribution in [0.25, 0.3) is 11.1 Å². The molecule has 0 fully saturated rings. The van der Waals surface area contributed by atoms with Gasteiger partial charge in [0.15, 0.2) is 5.11 Å². The van der Waals surface area contributed by atoms with Gasteiger partial charge in [0, 0.05) is 23.5 Å². The van der Waals surface area contributed by atoms with E-state index in [1.54, 1.807) is 30.6 Å². The summed E-state index contributed by atoms with van der Waals surface area (Å²) in [5, 5.41) is 13.6. The molecule has 0 aliphatic heterocycles. The topological polar surface area (TPSA) is 96.4 Å². The van der Waals surface area contributed by atoms with Crippen molar-refractivity contribution < 1.29 is 5.11 Å². The van der Waals surface area contributed by atoms with Gasteiger partial charge in [0.2, 0.25) is 0 Å². The molecule has 6 nitrogen and oxygen atoms in total. The van der Waals surface area contributed by atoms with Crippen LogP contribution in [0.3, 0.4) is 0 Å². The van der Waals surface area contributed by atoms with Crippen LogP contribution in [0.2, 0.25) is 0 Å². The predicted octanol–water partition coefficient (Wildman–Crippen LogP) is 1.02. The number of nitrogens with one attached hydrogen (secondary N) is 1. The predicted molar refractivity (Wildman–Crippen MR) is 76.6 cm³/mol. The van der Waals surface area contributed by atoms with E-state index < -0.39 is 0 Å². The summed E-state index contributed by atoms with van der Waals surface area (Å²) < 4.78 is 0. The number of phenolic OH excluding ortho intramolecular Hbond substituents is 1. The van der Waals surface area contributed by atoms with Crippen LogP contribution in [0.1, 0.15) is 5.56 Å². The summed E-state index contributed by atoms with van der Waals surface area (Å²) >= 11 is 4.62. The van der Waals surface area contributed by atoms with Crippen molar-refractivity contribution in [3.63, 3.8) is 0 Å². The fourth-order valence-corrected chi connectivity index (χ4v) is 1.50. The summed E-state index contributed by atoms with van der Waals surface area (Å²) in [4.78, 5) is 7.89. The van der Waals surface area contributed by atoms with E-state index in [0.717, 1.165) is 11.1 Å². The highest BCUT2D eigenvalue weighted by Crippen LogP contribution is 2.23. The number of nitrogens with two attached hydrogens (primary N) is 1. The van der Waals surface area contributed by atoms with Crippen molar-refractivity contribution in [3.8, 4) is 16.9 Å². The molecule has 1 aromatic heterocycles. The quantitative estimate of drug-likeness (QED) is 0.439. The van der Waals surface area contributed by atoms with Gasteiger partial charge in [-0.2, -0.15) is 5.10 Å². The molecular formula is C12H11N5OS. The molecular weight excluding hydrogens is 262 g/mol. The summed E-state index contributed by atoms with van der Waals surface area (Å²) in [6.45, 7) is 0. The molecule has 0 saturated carbocycles. The highest BCUT2D eigenvalue weighted by Gasteiger charge is 2.03. The molecule has 0 bridgehead atoms. The van der Waals surface area contributed by atoms with Crippen molar-refractivity contribution in [3.05, 3.63) is 42.5 Å². The normalized spacial score (nSPS) is 10.5. The number of thiocarbonyl (C=S) groups is 1. The standard InChI is InChI=1S/C12H11N5OS/c13-12(19)17-16-6-9-3-8(1-2-11(9)18)10-4-14-7-15-5-10/h1-7,18H,(H3,13,17,19). The van der Waals surface area contributed by atoms with E-state index in [1.165, 1.54) is 12.5 Å².